The van der Waals surface area contributed by atoms with Gasteiger partial charge in [-0.1, -0.05) is 17.7 Å². The quantitative estimate of drug-likeness (QED) is 0.845. The first kappa shape index (κ1) is 13.9. The van der Waals surface area contributed by atoms with Crippen molar-refractivity contribution in [1.29, 1.82) is 0 Å². The molecule has 0 saturated carbocycles. The maximum Gasteiger partial charge on any atom is 0.328 e. The number of carboxylic acid groups (broad SMARTS) is 1. The first-order chi connectivity index (χ1) is 9.54. The molecule has 1 aromatic heterocycles. The molecule has 0 bridgehead atoms. The summed E-state index contributed by atoms with van der Waals surface area (Å²) >= 11 is 6.04. The number of aromatic hydroxyl groups is 1. The van der Waals surface area contributed by atoms with Gasteiger partial charge in [0.05, 0.1) is 11.2 Å². The summed E-state index contributed by atoms with van der Waals surface area (Å²) in [5.41, 5.74) is 0.642. The predicted molar refractivity (Wildman–Crippen MR) is 74.1 cm³/mol. The topological polar surface area (TPSA) is 79.7 Å². The van der Waals surface area contributed by atoms with E-state index in [-0.39, 0.29) is 5.75 Å². The number of hydrogen-bond acceptors (Lipinski definition) is 4. The van der Waals surface area contributed by atoms with E-state index in [0.717, 1.165) is 6.08 Å². The molecule has 1 aromatic carbocycles. The summed E-state index contributed by atoms with van der Waals surface area (Å²) in [5.74, 6) is -0.316. The Balaban J connectivity index is 2.17. The number of carboxylic acids is 1. The van der Waals surface area contributed by atoms with Crippen molar-refractivity contribution in [2.45, 2.75) is 0 Å². The number of halogens is 1. The summed E-state index contributed by atoms with van der Waals surface area (Å²) < 4.78 is 5.45. The van der Waals surface area contributed by atoms with Crippen LogP contribution in [-0.4, -0.2) is 21.2 Å². The maximum absolute atomic E-state index is 10.4. The first-order valence-corrected chi connectivity index (χ1v) is 5.96. The fraction of sp³-hybridized carbons (Fsp3) is 0. The maximum atomic E-state index is 10.4. The van der Waals surface area contributed by atoms with Crippen LogP contribution in [0.5, 0.6) is 17.4 Å². The number of rotatable bonds is 4. The summed E-state index contributed by atoms with van der Waals surface area (Å²) in [4.78, 5) is 14.3. The van der Waals surface area contributed by atoms with Crippen molar-refractivity contribution >= 4 is 23.6 Å². The highest BCUT2D eigenvalue weighted by Gasteiger charge is 2.05. The van der Waals surface area contributed by atoms with Gasteiger partial charge >= 0.3 is 5.97 Å². The third-order valence-electron chi connectivity index (χ3n) is 2.31. The number of benzene rings is 1. The highest BCUT2D eigenvalue weighted by molar-refractivity contribution is 6.32. The van der Waals surface area contributed by atoms with Gasteiger partial charge in [0.1, 0.15) is 11.5 Å². The summed E-state index contributed by atoms with van der Waals surface area (Å²) in [7, 11) is 0. The molecular weight excluding hydrogens is 282 g/mol. The molecule has 2 rings (SSSR count). The lowest BCUT2D eigenvalue weighted by molar-refractivity contribution is -0.131. The zero-order chi connectivity index (χ0) is 14.5. The van der Waals surface area contributed by atoms with Crippen LogP contribution in [0.25, 0.3) is 6.08 Å². The van der Waals surface area contributed by atoms with Crippen LogP contribution in [0.1, 0.15) is 5.56 Å². The molecule has 0 fully saturated rings. The second kappa shape index (κ2) is 6.08. The number of aromatic nitrogens is 1. The van der Waals surface area contributed by atoms with E-state index in [1.54, 1.807) is 18.2 Å². The second-order valence-corrected chi connectivity index (χ2v) is 4.23. The van der Waals surface area contributed by atoms with Crippen LogP contribution < -0.4 is 4.74 Å². The molecule has 0 aliphatic heterocycles. The van der Waals surface area contributed by atoms with Gasteiger partial charge in [-0.05, 0) is 29.8 Å². The van der Waals surface area contributed by atoms with E-state index in [1.165, 1.54) is 24.4 Å². The lowest BCUT2D eigenvalue weighted by Gasteiger charge is -2.07. The Labute approximate surface area is 119 Å². The zero-order valence-electron chi connectivity index (χ0n) is 10.2. The Kier molecular flexibility index (Phi) is 4.22. The molecule has 0 amide bonds. The molecule has 0 radical (unpaired) electrons. The van der Waals surface area contributed by atoms with E-state index >= 15 is 0 Å². The minimum atomic E-state index is -1.03. The average molecular weight is 292 g/mol. The highest BCUT2D eigenvalue weighted by Crippen LogP contribution is 2.30. The van der Waals surface area contributed by atoms with Gasteiger partial charge in [-0.2, -0.15) is 0 Å². The van der Waals surface area contributed by atoms with E-state index in [1.807, 2.05) is 0 Å². The van der Waals surface area contributed by atoms with Crippen LogP contribution >= 0.6 is 11.6 Å². The van der Waals surface area contributed by atoms with Crippen molar-refractivity contribution in [3.05, 3.63) is 53.2 Å². The van der Waals surface area contributed by atoms with Crippen molar-refractivity contribution in [1.82, 2.24) is 4.98 Å². The molecule has 102 valence electrons. The van der Waals surface area contributed by atoms with E-state index in [4.69, 9.17) is 26.6 Å². The molecule has 20 heavy (non-hydrogen) atoms. The van der Waals surface area contributed by atoms with Crippen LogP contribution in [0.15, 0.2) is 42.6 Å². The Morgan fingerprint density at radius 1 is 1.30 bits per heavy atom. The summed E-state index contributed by atoms with van der Waals surface area (Å²) in [5, 5.41) is 18.0. The van der Waals surface area contributed by atoms with Gasteiger partial charge in [0, 0.05) is 12.1 Å². The third-order valence-corrected chi connectivity index (χ3v) is 2.60. The predicted octanol–water partition coefficient (Wildman–Crippen LogP) is 3.33. The normalized spacial score (nSPS) is 10.7. The Bertz CT molecular complexity index is 653. The molecule has 2 N–H and O–H groups in total. The van der Waals surface area contributed by atoms with Crippen LogP contribution in [0.3, 0.4) is 0 Å². The third kappa shape index (κ3) is 3.73. The Morgan fingerprint density at radius 3 is 2.70 bits per heavy atom. The van der Waals surface area contributed by atoms with Gasteiger partial charge in [-0.25, -0.2) is 9.78 Å². The second-order valence-electron chi connectivity index (χ2n) is 3.82. The van der Waals surface area contributed by atoms with Crippen LogP contribution in [0.4, 0.5) is 0 Å². The zero-order valence-corrected chi connectivity index (χ0v) is 10.9. The molecule has 5 nitrogen and oxygen atoms in total. The van der Waals surface area contributed by atoms with E-state index in [9.17, 15) is 4.79 Å². The van der Waals surface area contributed by atoms with E-state index in [2.05, 4.69) is 4.98 Å². The number of aliphatic carboxylic acids is 1. The van der Waals surface area contributed by atoms with Gasteiger partial charge in [-0.15, -0.1) is 0 Å². The van der Waals surface area contributed by atoms with Crippen molar-refractivity contribution in [2.75, 3.05) is 0 Å². The van der Waals surface area contributed by atoms with E-state index in [0.29, 0.717) is 22.2 Å². The van der Waals surface area contributed by atoms with Crippen molar-refractivity contribution in [3.63, 3.8) is 0 Å². The molecule has 0 spiro atoms. The molecule has 0 unspecified atom stereocenters. The number of carbonyl (C=O) groups is 1. The van der Waals surface area contributed by atoms with Crippen LogP contribution in [-0.2, 0) is 4.79 Å². The minimum Gasteiger partial charge on any atom is -0.506 e. The van der Waals surface area contributed by atoms with Gasteiger partial charge in [0.25, 0.3) is 0 Å². The Morgan fingerprint density at radius 2 is 2.10 bits per heavy atom. The minimum absolute atomic E-state index is 0.0394. The van der Waals surface area contributed by atoms with Crippen LogP contribution in [0.2, 0.25) is 5.02 Å². The molecular formula is C14H10ClNO4. The highest BCUT2D eigenvalue weighted by atomic mass is 35.5. The molecule has 0 aliphatic rings. The van der Waals surface area contributed by atoms with Crippen molar-refractivity contribution in [2.24, 2.45) is 0 Å². The first-order valence-electron chi connectivity index (χ1n) is 5.58. The molecule has 2 aromatic rings. The lowest BCUT2D eigenvalue weighted by Crippen LogP contribution is -1.89. The molecule has 1 heterocycles. The summed E-state index contributed by atoms with van der Waals surface area (Å²) in [6, 6.07) is 7.81. The molecule has 6 heteroatoms. The lowest BCUT2D eigenvalue weighted by atomic mass is 10.2. The van der Waals surface area contributed by atoms with Gasteiger partial charge < -0.3 is 14.9 Å². The number of nitrogens with zero attached hydrogens (tertiary/aromatic N) is 1. The molecule has 0 aliphatic carbocycles. The smallest absolute Gasteiger partial charge is 0.328 e. The number of hydrogen-bond donors (Lipinski definition) is 2. The monoisotopic (exact) mass is 291 g/mol. The van der Waals surface area contributed by atoms with Crippen molar-refractivity contribution in [3.8, 4) is 17.4 Å². The summed E-state index contributed by atoms with van der Waals surface area (Å²) in [6.45, 7) is 0. The van der Waals surface area contributed by atoms with Gasteiger partial charge in [-0.3, -0.25) is 0 Å². The van der Waals surface area contributed by atoms with Gasteiger partial charge in [0.2, 0.25) is 5.88 Å². The fourth-order valence-corrected chi connectivity index (χ4v) is 1.64. The fourth-order valence-electron chi connectivity index (χ4n) is 1.42. The summed E-state index contributed by atoms with van der Waals surface area (Å²) in [6.07, 6.45) is 3.71. The van der Waals surface area contributed by atoms with Gasteiger partial charge in [0.15, 0.2) is 0 Å². The number of pyridine rings is 1. The van der Waals surface area contributed by atoms with Crippen molar-refractivity contribution < 1.29 is 19.7 Å². The van der Waals surface area contributed by atoms with Crippen LogP contribution in [0, 0.1) is 0 Å². The molecule has 0 saturated heterocycles. The standard InChI is InChI=1S/C14H10ClNO4/c15-11-7-9(2-6-14(18)19)1-4-12(11)20-13-5-3-10(17)8-16-13/h1-8,17H,(H,18,19)/b6-2+. The number of ether oxygens (including phenoxy) is 1. The Hall–Kier alpha value is -2.53. The SMILES string of the molecule is O=C(O)/C=C/c1ccc(Oc2ccc(O)cn2)c(Cl)c1. The average Bonchev–Trinajstić information content (AvgIpc) is 2.41. The van der Waals surface area contributed by atoms with E-state index < -0.39 is 5.97 Å². The largest absolute Gasteiger partial charge is 0.506 e. The molecule has 0 atom stereocenters.